The minimum atomic E-state index is -3.62. The average Bonchev–Trinajstić information content (AvgIpc) is 2.87. The molecule has 0 saturated heterocycles. The number of esters is 1. The number of hydrogen-bond donors (Lipinski definition) is 1. The fourth-order valence-electron chi connectivity index (χ4n) is 3.04. The zero-order valence-corrected chi connectivity index (χ0v) is 14.6. The molecular weight excluding hydrogens is 323 g/mol. The molecule has 0 aromatic heterocycles. The Labute approximate surface area is 141 Å². The monoisotopic (exact) mass is 344 g/mol. The molecule has 3 rings (SSSR count). The van der Waals surface area contributed by atoms with Crippen molar-refractivity contribution in [2.45, 2.75) is 19.5 Å². The maximum atomic E-state index is 11.8. The van der Waals surface area contributed by atoms with Crippen LogP contribution in [0.4, 0.5) is 0 Å². The summed E-state index contributed by atoms with van der Waals surface area (Å²) in [7, 11) is -3.62. The van der Waals surface area contributed by atoms with E-state index in [1.54, 1.807) is 24.3 Å². The molecule has 1 heterocycles. The van der Waals surface area contributed by atoms with E-state index in [1.807, 2.05) is 49.4 Å². The van der Waals surface area contributed by atoms with Gasteiger partial charge in [0.1, 0.15) is 0 Å². The minimum absolute atomic E-state index is 0.0912. The second-order valence-electron chi connectivity index (χ2n) is 6.08. The van der Waals surface area contributed by atoms with Crippen LogP contribution in [-0.2, 0) is 4.79 Å². The molecule has 0 bridgehead atoms. The molecule has 0 radical (unpaired) electrons. The van der Waals surface area contributed by atoms with E-state index in [2.05, 4.69) is 0 Å². The number of benzene rings is 2. The molecule has 1 aliphatic rings. The first-order chi connectivity index (χ1) is 11.4. The average molecular weight is 344 g/mol. The summed E-state index contributed by atoms with van der Waals surface area (Å²) in [5.41, 5.74) is -0.0912. The summed E-state index contributed by atoms with van der Waals surface area (Å²) in [5.74, 6) is 0.643. The van der Waals surface area contributed by atoms with E-state index in [0.717, 1.165) is 5.30 Å². The van der Waals surface area contributed by atoms with Crippen molar-refractivity contribution in [1.29, 1.82) is 0 Å². The molecule has 5 heteroatoms. The van der Waals surface area contributed by atoms with Gasteiger partial charge in [0.2, 0.25) is 0 Å². The van der Waals surface area contributed by atoms with Gasteiger partial charge in [0.15, 0.2) is 0 Å². The molecule has 0 amide bonds. The van der Waals surface area contributed by atoms with Crippen molar-refractivity contribution in [2.24, 2.45) is 0 Å². The van der Waals surface area contributed by atoms with Crippen LogP contribution in [0.1, 0.15) is 13.8 Å². The van der Waals surface area contributed by atoms with Gasteiger partial charge in [-0.15, -0.1) is 0 Å². The van der Waals surface area contributed by atoms with Crippen LogP contribution in [0.3, 0.4) is 0 Å². The number of carbonyl (C=O) groups is 1. The number of allylic oxidation sites excluding steroid dienone is 2. The van der Waals surface area contributed by atoms with Crippen molar-refractivity contribution in [1.82, 2.24) is 0 Å². The standard InChI is InChI=1S/C19H21O4P/c1-15-7-6-14-24(15,21,19-8-4-3-5-9-19)23-18-12-10-17(11-13-18)22-16(2)20/h3-13,15,21H,14H2,1-2H3. The zero-order valence-electron chi connectivity index (χ0n) is 13.8. The SMILES string of the molecule is CC(=O)Oc1ccc(OP2(O)(c3ccccc3)CC=CC2C)cc1. The van der Waals surface area contributed by atoms with E-state index < -0.39 is 7.06 Å². The predicted octanol–water partition coefficient (Wildman–Crippen LogP) is 3.65. The van der Waals surface area contributed by atoms with E-state index in [1.165, 1.54) is 6.92 Å². The van der Waals surface area contributed by atoms with E-state index in [-0.39, 0.29) is 11.6 Å². The summed E-state index contributed by atoms with van der Waals surface area (Å²) < 4.78 is 11.3. The fourth-order valence-corrected chi connectivity index (χ4v) is 6.80. The Hall–Kier alpha value is -2.16. The summed E-state index contributed by atoms with van der Waals surface area (Å²) in [6.45, 7) is 3.34. The van der Waals surface area contributed by atoms with Gasteiger partial charge < -0.3 is 0 Å². The van der Waals surface area contributed by atoms with Crippen LogP contribution in [0.5, 0.6) is 11.5 Å². The van der Waals surface area contributed by atoms with Gasteiger partial charge >= 0.3 is 141 Å². The first-order valence-electron chi connectivity index (χ1n) is 7.88. The van der Waals surface area contributed by atoms with Gasteiger partial charge in [0.25, 0.3) is 0 Å². The van der Waals surface area contributed by atoms with Crippen LogP contribution in [-0.4, -0.2) is 22.7 Å². The Morgan fingerprint density at radius 3 is 2.25 bits per heavy atom. The molecule has 0 aliphatic carbocycles. The first kappa shape index (κ1) is 16.7. The number of carbonyl (C=O) groups excluding carboxylic acids is 1. The summed E-state index contributed by atoms with van der Waals surface area (Å²) in [5, 5.41) is 0.838. The second-order valence-corrected chi connectivity index (χ2v) is 10.4. The van der Waals surface area contributed by atoms with E-state index in [4.69, 9.17) is 9.26 Å². The topological polar surface area (TPSA) is 55.8 Å². The summed E-state index contributed by atoms with van der Waals surface area (Å²) >= 11 is 0. The van der Waals surface area contributed by atoms with Crippen molar-refractivity contribution < 1.29 is 18.9 Å². The molecule has 0 fully saturated rings. The van der Waals surface area contributed by atoms with Crippen LogP contribution >= 0.6 is 7.06 Å². The quantitative estimate of drug-likeness (QED) is 0.398. The van der Waals surface area contributed by atoms with Crippen molar-refractivity contribution in [3.63, 3.8) is 0 Å². The summed E-state index contributed by atoms with van der Waals surface area (Å²) in [4.78, 5) is 22.8. The molecule has 0 spiro atoms. The Bertz CT molecular complexity index is 772. The Morgan fingerprint density at radius 2 is 1.71 bits per heavy atom. The molecule has 126 valence electrons. The molecular formula is C19H21O4P. The van der Waals surface area contributed by atoms with Crippen molar-refractivity contribution in [3.05, 3.63) is 66.7 Å². The van der Waals surface area contributed by atoms with Crippen molar-refractivity contribution in [2.75, 3.05) is 6.16 Å². The van der Waals surface area contributed by atoms with Crippen LogP contribution in [0.2, 0.25) is 0 Å². The first-order valence-corrected chi connectivity index (χ1v) is 10.2. The van der Waals surface area contributed by atoms with Crippen LogP contribution in [0.15, 0.2) is 66.7 Å². The van der Waals surface area contributed by atoms with Crippen LogP contribution in [0, 0.1) is 0 Å². The van der Waals surface area contributed by atoms with E-state index >= 15 is 0 Å². The molecule has 1 aliphatic heterocycles. The molecule has 2 aromatic rings. The zero-order chi connectivity index (χ0) is 17.2. The Balaban J connectivity index is 1.96. The van der Waals surface area contributed by atoms with E-state index in [9.17, 15) is 9.69 Å². The summed E-state index contributed by atoms with van der Waals surface area (Å²) in [6, 6.07) is 16.4. The third-order valence-corrected chi connectivity index (χ3v) is 9.21. The summed E-state index contributed by atoms with van der Waals surface area (Å²) in [6.07, 6.45) is 4.49. The number of hydrogen-bond acceptors (Lipinski definition) is 4. The third kappa shape index (κ3) is 2.83. The Kier molecular flexibility index (Phi) is 4.20. The Morgan fingerprint density at radius 1 is 1.08 bits per heavy atom. The molecule has 1 atom stereocenters. The van der Waals surface area contributed by atoms with Crippen molar-refractivity contribution in [3.8, 4) is 11.5 Å². The normalized spacial score (nSPS) is 22.3. The number of rotatable bonds is 4. The molecule has 24 heavy (non-hydrogen) atoms. The molecule has 1 unspecified atom stereocenters. The molecule has 4 nitrogen and oxygen atoms in total. The third-order valence-electron chi connectivity index (χ3n) is 4.42. The van der Waals surface area contributed by atoms with Gasteiger partial charge in [0, 0.05) is 0 Å². The van der Waals surface area contributed by atoms with Gasteiger partial charge in [-0.2, -0.15) is 0 Å². The second kappa shape index (κ2) is 6.04. The molecule has 1 N–H and O–H groups in total. The van der Waals surface area contributed by atoms with Crippen molar-refractivity contribution >= 4 is 18.3 Å². The van der Waals surface area contributed by atoms with Crippen LogP contribution < -0.4 is 14.6 Å². The van der Waals surface area contributed by atoms with Gasteiger partial charge in [-0.25, -0.2) is 0 Å². The van der Waals surface area contributed by atoms with Gasteiger partial charge in [-0.3, -0.25) is 0 Å². The van der Waals surface area contributed by atoms with Gasteiger partial charge in [-0.1, -0.05) is 0 Å². The molecule has 2 aromatic carbocycles. The van der Waals surface area contributed by atoms with Gasteiger partial charge in [0.05, 0.1) is 0 Å². The van der Waals surface area contributed by atoms with Gasteiger partial charge in [-0.05, 0) is 0 Å². The number of ether oxygens (including phenoxy) is 1. The maximum absolute atomic E-state index is 11.8. The van der Waals surface area contributed by atoms with Crippen LogP contribution in [0.25, 0.3) is 0 Å². The molecule has 0 saturated carbocycles. The van der Waals surface area contributed by atoms with E-state index in [0.29, 0.717) is 17.7 Å². The predicted molar refractivity (Wildman–Crippen MR) is 97.1 cm³/mol. The fraction of sp³-hybridized carbons (Fsp3) is 0.211.